The summed E-state index contributed by atoms with van der Waals surface area (Å²) in [6, 6.07) is 8.76. The number of nitro groups is 1. The molecule has 1 N–H and O–H groups in total. The van der Waals surface area contributed by atoms with Crippen molar-refractivity contribution >= 4 is 29.0 Å². The number of hydrogen-bond donors (Lipinski definition) is 1. The topological polar surface area (TPSA) is 108 Å². The van der Waals surface area contributed by atoms with Crippen molar-refractivity contribution in [1.29, 1.82) is 0 Å². The molecule has 1 aromatic carbocycles. The first kappa shape index (κ1) is 17.6. The number of aryl methyl sites for hydroxylation is 1. The quantitative estimate of drug-likeness (QED) is 0.505. The fraction of sp³-hybridized carbons (Fsp3) is 0.188. The van der Waals surface area contributed by atoms with Crippen molar-refractivity contribution in [2.24, 2.45) is 0 Å². The molecule has 0 spiro atoms. The van der Waals surface area contributed by atoms with E-state index in [0.717, 1.165) is 5.56 Å². The highest BCUT2D eigenvalue weighted by molar-refractivity contribution is 6.31. The number of nitrogens with one attached hydrogen (secondary N) is 1. The van der Waals surface area contributed by atoms with Gasteiger partial charge < -0.3 is 15.4 Å². The van der Waals surface area contributed by atoms with Crippen LogP contribution >= 0.6 is 11.6 Å². The number of aromatic nitrogens is 4. The molecule has 1 amide bonds. The highest BCUT2D eigenvalue weighted by atomic mass is 35.5. The Morgan fingerprint density at radius 1 is 1.27 bits per heavy atom. The van der Waals surface area contributed by atoms with Gasteiger partial charge in [-0.2, -0.15) is 9.78 Å². The molecule has 0 atom stereocenters. The summed E-state index contributed by atoms with van der Waals surface area (Å²) in [7, 11) is 0. The zero-order valence-electron chi connectivity index (χ0n) is 13.6. The molecule has 3 aromatic rings. The summed E-state index contributed by atoms with van der Waals surface area (Å²) in [5, 5.41) is 21.9. The Labute approximate surface area is 153 Å². The lowest BCUT2D eigenvalue weighted by atomic mass is 10.2. The lowest BCUT2D eigenvalue weighted by molar-refractivity contribution is -0.389. The Morgan fingerprint density at radius 2 is 2.08 bits per heavy atom. The van der Waals surface area contributed by atoms with Gasteiger partial charge in [-0.15, -0.1) is 0 Å². The maximum atomic E-state index is 12.0. The Balaban J connectivity index is 1.52. The molecule has 2 heterocycles. The van der Waals surface area contributed by atoms with E-state index in [1.165, 1.54) is 16.9 Å². The number of carbonyl (C=O) groups excluding carboxylic acids is 1. The van der Waals surface area contributed by atoms with Crippen molar-refractivity contribution in [2.45, 2.75) is 19.5 Å². The van der Waals surface area contributed by atoms with E-state index < -0.39 is 4.92 Å². The molecule has 0 saturated carbocycles. The number of hydrogen-bond acceptors (Lipinski definition) is 5. The molecule has 0 radical (unpaired) electrons. The van der Waals surface area contributed by atoms with Crippen molar-refractivity contribution in [2.75, 3.05) is 5.32 Å². The molecule has 0 aliphatic heterocycles. The summed E-state index contributed by atoms with van der Waals surface area (Å²) in [4.78, 5) is 22.0. The number of amides is 1. The zero-order chi connectivity index (χ0) is 18.5. The van der Waals surface area contributed by atoms with Crippen LogP contribution in [0.25, 0.3) is 0 Å². The molecule has 0 bridgehead atoms. The lowest BCUT2D eigenvalue weighted by Gasteiger charge is -2.04. The second-order valence-electron chi connectivity index (χ2n) is 5.51. The van der Waals surface area contributed by atoms with E-state index in [4.69, 9.17) is 11.6 Å². The van der Waals surface area contributed by atoms with Gasteiger partial charge in [-0.25, -0.2) is 0 Å². The standard InChI is InChI=1S/C16H15ClN6O3/c17-14-4-2-1-3-12(14)10-22-11-13(9-18-22)19-16(24)6-8-21-7-5-15(20-21)23(25)26/h1-5,7,9,11H,6,8,10H2,(H,19,24). The Morgan fingerprint density at radius 3 is 2.81 bits per heavy atom. The van der Waals surface area contributed by atoms with Crippen molar-refractivity contribution in [1.82, 2.24) is 19.6 Å². The van der Waals surface area contributed by atoms with Gasteiger partial charge in [0.15, 0.2) is 0 Å². The van der Waals surface area contributed by atoms with Crippen LogP contribution in [0, 0.1) is 10.1 Å². The van der Waals surface area contributed by atoms with Gasteiger partial charge in [-0.1, -0.05) is 29.8 Å². The van der Waals surface area contributed by atoms with Gasteiger partial charge in [0.25, 0.3) is 0 Å². The van der Waals surface area contributed by atoms with Crippen molar-refractivity contribution < 1.29 is 9.72 Å². The number of halogens is 1. The zero-order valence-corrected chi connectivity index (χ0v) is 14.3. The molecule has 9 nitrogen and oxygen atoms in total. The van der Waals surface area contributed by atoms with Crippen LogP contribution in [-0.2, 0) is 17.9 Å². The molecule has 0 aliphatic rings. The van der Waals surface area contributed by atoms with E-state index >= 15 is 0 Å². The molecule has 0 unspecified atom stereocenters. The predicted molar refractivity (Wildman–Crippen MR) is 94.9 cm³/mol. The number of rotatable bonds is 7. The average molecular weight is 375 g/mol. The SMILES string of the molecule is O=C(CCn1ccc([N+](=O)[O-])n1)Nc1cnn(Cc2ccccc2Cl)c1. The third-order valence-corrected chi connectivity index (χ3v) is 3.96. The number of anilines is 1. The van der Waals surface area contributed by atoms with Crippen molar-refractivity contribution in [3.05, 3.63) is 69.6 Å². The molecule has 3 rings (SSSR count). The summed E-state index contributed by atoms with van der Waals surface area (Å²) in [5.74, 6) is -0.480. The van der Waals surface area contributed by atoms with Crippen LogP contribution in [0.1, 0.15) is 12.0 Å². The minimum atomic E-state index is -0.579. The van der Waals surface area contributed by atoms with Gasteiger partial charge >= 0.3 is 5.82 Å². The fourth-order valence-electron chi connectivity index (χ4n) is 2.33. The average Bonchev–Trinajstić information content (AvgIpc) is 3.25. The normalized spacial score (nSPS) is 10.7. The van der Waals surface area contributed by atoms with Crippen LogP contribution in [0.5, 0.6) is 0 Å². The lowest BCUT2D eigenvalue weighted by Crippen LogP contribution is -2.14. The maximum Gasteiger partial charge on any atom is 0.389 e. The molecular formula is C16H15ClN6O3. The van der Waals surface area contributed by atoms with Crippen LogP contribution in [0.3, 0.4) is 0 Å². The first-order valence-corrected chi connectivity index (χ1v) is 8.12. The van der Waals surface area contributed by atoms with Crippen LogP contribution < -0.4 is 5.32 Å². The van der Waals surface area contributed by atoms with Crippen LogP contribution in [-0.4, -0.2) is 30.4 Å². The summed E-state index contributed by atoms with van der Waals surface area (Å²) < 4.78 is 3.03. The van der Waals surface area contributed by atoms with Crippen LogP contribution in [0.15, 0.2) is 48.9 Å². The minimum Gasteiger partial charge on any atom is -0.358 e. The molecule has 134 valence electrons. The molecule has 0 fully saturated rings. The molecule has 10 heteroatoms. The van der Waals surface area contributed by atoms with Gasteiger partial charge in [0, 0.05) is 17.6 Å². The van der Waals surface area contributed by atoms with Gasteiger partial charge in [0.2, 0.25) is 5.91 Å². The first-order chi connectivity index (χ1) is 12.5. The van der Waals surface area contributed by atoms with Gasteiger partial charge in [-0.05, 0) is 16.6 Å². The number of carbonyl (C=O) groups is 1. The largest absolute Gasteiger partial charge is 0.389 e. The molecule has 0 aliphatic carbocycles. The van der Waals surface area contributed by atoms with Crippen LogP contribution in [0.2, 0.25) is 5.02 Å². The van der Waals surface area contributed by atoms with E-state index in [0.29, 0.717) is 17.3 Å². The predicted octanol–water partition coefficient (Wildman–Crippen LogP) is 2.72. The Bertz CT molecular complexity index is 935. The molecule has 0 saturated heterocycles. The Hall–Kier alpha value is -3.20. The smallest absolute Gasteiger partial charge is 0.358 e. The number of benzene rings is 1. The summed E-state index contributed by atoms with van der Waals surface area (Å²) >= 11 is 6.12. The van der Waals surface area contributed by atoms with Crippen molar-refractivity contribution in [3.8, 4) is 0 Å². The highest BCUT2D eigenvalue weighted by Gasteiger charge is 2.12. The van der Waals surface area contributed by atoms with Crippen molar-refractivity contribution in [3.63, 3.8) is 0 Å². The van der Waals surface area contributed by atoms with Crippen LogP contribution in [0.4, 0.5) is 11.5 Å². The van der Waals surface area contributed by atoms with Gasteiger partial charge in [0.05, 0.1) is 42.3 Å². The Kier molecular flexibility index (Phi) is 5.28. The van der Waals surface area contributed by atoms with E-state index in [-0.39, 0.29) is 24.7 Å². The van der Waals surface area contributed by atoms with E-state index in [1.807, 2.05) is 24.3 Å². The second-order valence-corrected chi connectivity index (χ2v) is 5.92. The summed E-state index contributed by atoms with van der Waals surface area (Å²) in [6.45, 7) is 0.736. The third-order valence-electron chi connectivity index (χ3n) is 3.59. The van der Waals surface area contributed by atoms with E-state index in [2.05, 4.69) is 15.5 Å². The maximum absolute atomic E-state index is 12.0. The van der Waals surface area contributed by atoms with E-state index in [9.17, 15) is 14.9 Å². The molecule has 26 heavy (non-hydrogen) atoms. The fourth-order valence-corrected chi connectivity index (χ4v) is 2.52. The molecular weight excluding hydrogens is 360 g/mol. The van der Waals surface area contributed by atoms with Gasteiger partial charge in [0.1, 0.15) is 0 Å². The summed E-state index contributed by atoms with van der Waals surface area (Å²) in [5.41, 5.74) is 1.49. The monoisotopic (exact) mass is 374 g/mol. The van der Waals surface area contributed by atoms with Gasteiger partial charge in [-0.3, -0.25) is 9.48 Å². The minimum absolute atomic E-state index is 0.133. The second kappa shape index (κ2) is 7.79. The highest BCUT2D eigenvalue weighted by Crippen LogP contribution is 2.17. The first-order valence-electron chi connectivity index (χ1n) is 7.75. The third kappa shape index (κ3) is 4.45. The molecule has 2 aromatic heterocycles. The summed E-state index contributed by atoms with van der Waals surface area (Å²) in [6.07, 6.45) is 4.86. The number of nitrogens with zero attached hydrogens (tertiary/aromatic N) is 5. The van der Waals surface area contributed by atoms with E-state index in [1.54, 1.807) is 17.1 Å².